The first-order valence-corrected chi connectivity index (χ1v) is 6.72. The molecule has 0 radical (unpaired) electrons. The minimum Gasteiger partial charge on any atom is -0.477 e. The molecule has 2 aromatic heterocycles. The SMILES string of the molecule is O=C(O)c1ccnn1CCc1ccc2c(n1)NCCC2. The Morgan fingerprint density at radius 3 is 3.15 bits per heavy atom. The number of aromatic nitrogens is 3. The van der Waals surface area contributed by atoms with Crippen molar-refractivity contribution in [2.75, 3.05) is 11.9 Å². The molecule has 2 aromatic rings. The summed E-state index contributed by atoms with van der Waals surface area (Å²) in [6, 6.07) is 5.62. The number of anilines is 1. The molecule has 2 N–H and O–H groups in total. The van der Waals surface area contributed by atoms with Crippen molar-refractivity contribution in [1.29, 1.82) is 0 Å². The molecule has 0 fully saturated rings. The van der Waals surface area contributed by atoms with Gasteiger partial charge >= 0.3 is 5.97 Å². The number of aromatic carboxylic acids is 1. The third-order valence-electron chi connectivity index (χ3n) is 3.47. The second-order valence-corrected chi connectivity index (χ2v) is 4.84. The largest absolute Gasteiger partial charge is 0.477 e. The Labute approximate surface area is 116 Å². The second kappa shape index (κ2) is 5.32. The standard InChI is InChI=1S/C14H16N4O2/c19-14(20)12-5-8-16-18(12)9-6-11-4-3-10-2-1-7-15-13(10)17-11/h3-5,8H,1-2,6-7,9H2,(H,15,17)(H,19,20). The molecule has 1 aliphatic rings. The minimum atomic E-state index is -0.956. The molecule has 0 unspecified atom stereocenters. The summed E-state index contributed by atoms with van der Waals surface area (Å²) in [4.78, 5) is 15.6. The first-order chi connectivity index (χ1) is 9.74. The van der Waals surface area contributed by atoms with Gasteiger partial charge < -0.3 is 10.4 Å². The molecule has 20 heavy (non-hydrogen) atoms. The van der Waals surface area contributed by atoms with Gasteiger partial charge in [-0.3, -0.25) is 4.68 Å². The molecule has 1 aliphatic heterocycles. The number of hydrogen-bond donors (Lipinski definition) is 2. The predicted molar refractivity (Wildman–Crippen MR) is 73.9 cm³/mol. The van der Waals surface area contributed by atoms with Gasteiger partial charge in [-0.15, -0.1) is 0 Å². The van der Waals surface area contributed by atoms with Crippen LogP contribution in [0.4, 0.5) is 5.82 Å². The Morgan fingerprint density at radius 1 is 1.40 bits per heavy atom. The number of aryl methyl sites for hydroxylation is 3. The Kier molecular flexibility index (Phi) is 3.37. The maximum absolute atomic E-state index is 11.0. The van der Waals surface area contributed by atoms with E-state index in [-0.39, 0.29) is 5.69 Å². The summed E-state index contributed by atoms with van der Waals surface area (Å²) < 4.78 is 1.50. The quantitative estimate of drug-likeness (QED) is 0.883. The van der Waals surface area contributed by atoms with E-state index in [1.54, 1.807) is 0 Å². The number of nitrogens with zero attached hydrogens (tertiary/aromatic N) is 3. The molecule has 0 saturated heterocycles. The number of hydrogen-bond acceptors (Lipinski definition) is 4. The molecule has 0 saturated carbocycles. The highest BCUT2D eigenvalue weighted by Gasteiger charge is 2.12. The van der Waals surface area contributed by atoms with E-state index in [1.807, 2.05) is 6.07 Å². The monoisotopic (exact) mass is 272 g/mol. The highest BCUT2D eigenvalue weighted by molar-refractivity contribution is 5.85. The molecule has 0 aromatic carbocycles. The van der Waals surface area contributed by atoms with Crippen molar-refractivity contribution in [3.05, 3.63) is 41.3 Å². The fourth-order valence-electron chi connectivity index (χ4n) is 2.42. The van der Waals surface area contributed by atoms with Crippen molar-refractivity contribution >= 4 is 11.8 Å². The van der Waals surface area contributed by atoms with E-state index in [4.69, 9.17) is 5.11 Å². The summed E-state index contributed by atoms with van der Waals surface area (Å²) in [6.45, 7) is 1.48. The highest BCUT2D eigenvalue weighted by Crippen LogP contribution is 2.19. The van der Waals surface area contributed by atoms with Crippen molar-refractivity contribution in [2.45, 2.75) is 25.8 Å². The lowest BCUT2D eigenvalue weighted by Crippen LogP contribution is -2.15. The number of carboxylic acids is 1. The zero-order chi connectivity index (χ0) is 13.9. The van der Waals surface area contributed by atoms with Gasteiger partial charge in [-0.1, -0.05) is 6.07 Å². The summed E-state index contributed by atoms with van der Waals surface area (Å²) in [5.74, 6) is 0.00948. The first kappa shape index (κ1) is 12.7. The van der Waals surface area contributed by atoms with Gasteiger partial charge in [0.05, 0.1) is 0 Å². The zero-order valence-electron chi connectivity index (χ0n) is 11.0. The zero-order valence-corrected chi connectivity index (χ0v) is 11.0. The first-order valence-electron chi connectivity index (χ1n) is 6.72. The number of fused-ring (bicyclic) bond motifs is 1. The van der Waals surface area contributed by atoms with Crippen molar-refractivity contribution in [3.8, 4) is 0 Å². The van der Waals surface area contributed by atoms with E-state index in [9.17, 15) is 4.79 Å². The van der Waals surface area contributed by atoms with Crippen molar-refractivity contribution in [1.82, 2.24) is 14.8 Å². The van der Waals surface area contributed by atoms with Gasteiger partial charge in [0.25, 0.3) is 0 Å². The van der Waals surface area contributed by atoms with E-state index in [2.05, 4.69) is 21.5 Å². The lowest BCUT2D eigenvalue weighted by atomic mass is 10.1. The summed E-state index contributed by atoms with van der Waals surface area (Å²) >= 11 is 0. The molecular weight excluding hydrogens is 256 g/mol. The van der Waals surface area contributed by atoms with Gasteiger partial charge in [-0.05, 0) is 30.5 Å². The molecule has 104 valence electrons. The smallest absolute Gasteiger partial charge is 0.354 e. The van der Waals surface area contributed by atoms with E-state index in [0.29, 0.717) is 13.0 Å². The van der Waals surface area contributed by atoms with Crippen LogP contribution in [0.3, 0.4) is 0 Å². The third kappa shape index (κ3) is 2.49. The van der Waals surface area contributed by atoms with Crippen molar-refractivity contribution in [3.63, 3.8) is 0 Å². The van der Waals surface area contributed by atoms with Crippen LogP contribution < -0.4 is 5.32 Å². The lowest BCUT2D eigenvalue weighted by Gasteiger charge is -2.17. The van der Waals surface area contributed by atoms with Crippen LogP contribution in [0.2, 0.25) is 0 Å². The maximum atomic E-state index is 11.0. The van der Waals surface area contributed by atoms with Crippen LogP contribution in [-0.4, -0.2) is 32.4 Å². The number of nitrogens with one attached hydrogen (secondary N) is 1. The van der Waals surface area contributed by atoms with Crippen LogP contribution in [0.5, 0.6) is 0 Å². The Morgan fingerprint density at radius 2 is 2.30 bits per heavy atom. The van der Waals surface area contributed by atoms with E-state index < -0.39 is 5.97 Å². The molecular formula is C14H16N4O2. The van der Waals surface area contributed by atoms with Crippen LogP contribution in [-0.2, 0) is 19.4 Å². The third-order valence-corrected chi connectivity index (χ3v) is 3.47. The summed E-state index contributed by atoms with van der Waals surface area (Å²) in [7, 11) is 0. The molecule has 6 nitrogen and oxygen atoms in total. The van der Waals surface area contributed by atoms with Gasteiger partial charge in [0.2, 0.25) is 0 Å². The van der Waals surface area contributed by atoms with Crippen LogP contribution in [0.25, 0.3) is 0 Å². The molecule has 3 rings (SSSR count). The molecule has 0 atom stereocenters. The lowest BCUT2D eigenvalue weighted by molar-refractivity contribution is 0.0683. The summed E-state index contributed by atoms with van der Waals surface area (Å²) in [6.07, 6.45) is 4.38. The molecule has 6 heteroatoms. The Bertz CT molecular complexity index is 636. The molecule has 0 bridgehead atoms. The van der Waals surface area contributed by atoms with Crippen LogP contribution in [0.1, 0.15) is 28.2 Å². The number of rotatable bonds is 4. The Balaban J connectivity index is 1.72. The molecule has 0 spiro atoms. The normalized spacial score (nSPS) is 13.6. The van der Waals surface area contributed by atoms with Crippen LogP contribution in [0.15, 0.2) is 24.4 Å². The number of carbonyl (C=O) groups is 1. The van der Waals surface area contributed by atoms with Gasteiger partial charge in [0, 0.05) is 31.4 Å². The van der Waals surface area contributed by atoms with Crippen molar-refractivity contribution in [2.24, 2.45) is 0 Å². The minimum absolute atomic E-state index is 0.209. The maximum Gasteiger partial charge on any atom is 0.354 e. The number of carboxylic acid groups (broad SMARTS) is 1. The van der Waals surface area contributed by atoms with E-state index >= 15 is 0 Å². The Hall–Kier alpha value is -2.37. The van der Waals surface area contributed by atoms with Crippen LogP contribution in [0, 0.1) is 0 Å². The van der Waals surface area contributed by atoms with E-state index in [1.165, 1.54) is 22.5 Å². The topological polar surface area (TPSA) is 80.0 Å². The fraction of sp³-hybridized carbons (Fsp3) is 0.357. The number of pyridine rings is 1. The molecule has 0 amide bonds. The highest BCUT2D eigenvalue weighted by atomic mass is 16.4. The van der Waals surface area contributed by atoms with Gasteiger partial charge in [0.1, 0.15) is 11.5 Å². The van der Waals surface area contributed by atoms with E-state index in [0.717, 1.165) is 30.9 Å². The summed E-state index contributed by atoms with van der Waals surface area (Å²) in [5.41, 5.74) is 2.41. The van der Waals surface area contributed by atoms with Crippen LogP contribution >= 0.6 is 0 Å². The molecule has 3 heterocycles. The average Bonchev–Trinajstić information content (AvgIpc) is 2.93. The van der Waals surface area contributed by atoms with Gasteiger partial charge in [0.15, 0.2) is 0 Å². The van der Waals surface area contributed by atoms with Gasteiger partial charge in [-0.2, -0.15) is 5.10 Å². The van der Waals surface area contributed by atoms with Gasteiger partial charge in [-0.25, -0.2) is 9.78 Å². The van der Waals surface area contributed by atoms with Crippen molar-refractivity contribution < 1.29 is 9.90 Å². The predicted octanol–water partition coefficient (Wildman–Crippen LogP) is 1.58. The summed E-state index contributed by atoms with van der Waals surface area (Å²) in [5, 5.41) is 16.4. The average molecular weight is 272 g/mol. The molecule has 0 aliphatic carbocycles. The second-order valence-electron chi connectivity index (χ2n) is 4.84. The fourth-order valence-corrected chi connectivity index (χ4v) is 2.42.